The van der Waals surface area contributed by atoms with Crippen molar-refractivity contribution in [3.8, 4) is 0 Å². The van der Waals surface area contributed by atoms with Crippen LogP contribution in [0.2, 0.25) is 0 Å². The minimum Gasteiger partial charge on any atom is -0.394 e. The number of hydrogen-bond acceptors (Lipinski definition) is 14. The van der Waals surface area contributed by atoms with E-state index in [-0.39, 0.29) is 0 Å². The number of rotatable bonds is 9. The molecule has 0 spiro atoms. The van der Waals surface area contributed by atoms with Crippen molar-refractivity contribution in [1.82, 2.24) is 19.5 Å². The van der Waals surface area contributed by atoms with Crippen molar-refractivity contribution in [3.05, 3.63) is 12.7 Å². The van der Waals surface area contributed by atoms with Gasteiger partial charge in [-0.3, -0.25) is 4.57 Å². The Morgan fingerprint density at radius 2 is 1.63 bits per heavy atom. The average molecular weight is 501 g/mol. The molecule has 15 heteroatoms. The second-order valence-electron chi connectivity index (χ2n) is 8.63. The van der Waals surface area contributed by atoms with Crippen LogP contribution in [0.4, 0.5) is 5.82 Å². The van der Waals surface area contributed by atoms with E-state index in [0.29, 0.717) is 29.9 Å². The number of fused-ring (bicyclic) bond motifs is 1. The summed E-state index contributed by atoms with van der Waals surface area (Å²) in [6.07, 6.45) is -8.51. The van der Waals surface area contributed by atoms with Crippen molar-refractivity contribution >= 4 is 17.0 Å². The van der Waals surface area contributed by atoms with Crippen molar-refractivity contribution in [3.63, 3.8) is 0 Å². The van der Waals surface area contributed by atoms with Gasteiger partial charge in [0.1, 0.15) is 49.1 Å². The summed E-state index contributed by atoms with van der Waals surface area (Å²) in [7, 11) is 0. The molecule has 2 aromatic rings. The Labute approximate surface area is 199 Å². The molecule has 8 N–H and O–H groups in total. The molecule has 2 aromatic heterocycles. The highest BCUT2D eigenvalue weighted by molar-refractivity contribution is 5.82. The zero-order valence-corrected chi connectivity index (χ0v) is 18.9. The predicted octanol–water partition coefficient (Wildman–Crippen LogP) is -3.56. The number of aliphatic hydroxyl groups is 7. The summed E-state index contributed by atoms with van der Waals surface area (Å²) in [5, 5.41) is 71.9. The van der Waals surface area contributed by atoms with Gasteiger partial charge < -0.3 is 55.3 Å². The van der Waals surface area contributed by atoms with Gasteiger partial charge in [-0.05, 0) is 13.3 Å². The summed E-state index contributed by atoms with van der Waals surface area (Å²) < 4.78 is 18.0. The van der Waals surface area contributed by atoms with Crippen LogP contribution < -0.4 is 5.32 Å². The standard InChI is InChI=1S/C20H31N5O10/c1-8(33-20-16(32)14(30)12(28)10(5-27)35-20)2-3-21-17-11-18(23-6-22-17)25(7-24-11)19-15(31)13(29)9(4-26)34-19/h6-10,12-16,19-20,26-32H,2-5H2,1H3,(H,21,22,23)/t8-,9+,10+,12+,13-,14+,15+,16+,19-,20-/m0/s1. The number of anilines is 1. The van der Waals surface area contributed by atoms with Gasteiger partial charge in [-0.2, -0.15) is 0 Å². The van der Waals surface area contributed by atoms with Crippen molar-refractivity contribution in [2.45, 2.75) is 74.7 Å². The average Bonchev–Trinajstić information content (AvgIpc) is 3.40. The normalized spacial score (nSPS) is 36.5. The van der Waals surface area contributed by atoms with Gasteiger partial charge in [-0.25, -0.2) is 15.0 Å². The molecule has 0 unspecified atom stereocenters. The summed E-state index contributed by atoms with van der Waals surface area (Å²) in [5.74, 6) is 0.403. The number of aliphatic hydroxyl groups excluding tert-OH is 7. The van der Waals surface area contributed by atoms with Gasteiger partial charge >= 0.3 is 0 Å². The molecule has 10 atom stereocenters. The van der Waals surface area contributed by atoms with Gasteiger partial charge in [0, 0.05) is 6.54 Å². The van der Waals surface area contributed by atoms with E-state index in [1.165, 1.54) is 17.2 Å². The number of ether oxygens (including phenoxy) is 3. The molecule has 0 radical (unpaired) electrons. The zero-order valence-electron chi connectivity index (χ0n) is 18.9. The Morgan fingerprint density at radius 1 is 0.943 bits per heavy atom. The van der Waals surface area contributed by atoms with Crippen molar-refractivity contribution in [2.75, 3.05) is 25.1 Å². The molecule has 0 amide bonds. The number of nitrogens with zero attached hydrogens (tertiary/aromatic N) is 4. The van der Waals surface area contributed by atoms with Crippen LogP contribution in [0.25, 0.3) is 11.2 Å². The summed E-state index contributed by atoms with van der Waals surface area (Å²) in [6, 6.07) is 0. The maximum atomic E-state index is 10.3. The first-order valence-corrected chi connectivity index (χ1v) is 11.3. The van der Waals surface area contributed by atoms with Gasteiger partial charge in [0.25, 0.3) is 0 Å². The van der Waals surface area contributed by atoms with E-state index in [1.807, 2.05) is 0 Å². The monoisotopic (exact) mass is 501 g/mol. The molecule has 2 fully saturated rings. The third-order valence-corrected chi connectivity index (χ3v) is 6.21. The van der Waals surface area contributed by atoms with E-state index in [4.69, 9.17) is 14.2 Å². The van der Waals surface area contributed by atoms with E-state index in [1.54, 1.807) is 6.92 Å². The molecule has 2 saturated heterocycles. The molecule has 35 heavy (non-hydrogen) atoms. The summed E-state index contributed by atoms with van der Waals surface area (Å²) >= 11 is 0. The van der Waals surface area contributed by atoms with Gasteiger partial charge in [-0.1, -0.05) is 0 Å². The first-order chi connectivity index (χ1) is 16.8. The fourth-order valence-corrected chi connectivity index (χ4v) is 4.15. The lowest BCUT2D eigenvalue weighted by molar-refractivity contribution is -0.310. The first kappa shape index (κ1) is 26.0. The van der Waals surface area contributed by atoms with E-state index >= 15 is 0 Å². The van der Waals surface area contributed by atoms with Crippen LogP contribution in [0.1, 0.15) is 19.6 Å². The molecule has 0 saturated carbocycles. The number of aromatic nitrogens is 4. The van der Waals surface area contributed by atoms with Crippen LogP contribution in [-0.4, -0.2) is 130 Å². The highest BCUT2D eigenvalue weighted by Crippen LogP contribution is 2.32. The molecule has 4 rings (SSSR count). The van der Waals surface area contributed by atoms with Gasteiger partial charge in [0.15, 0.2) is 29.5 Å². The van der Waals surface area contributed by atoms with E-state index in [2.05, 4.69) is 20.3 Å². The van der Waals surface area contributed by atoms with E-state index in [0.717, 1.165) is 0 Å². The van der Waals surface area contributed by atoms with Crippen molar-refractivity contribution in [1.29, 1.82) is 0 Å². The summed E-state index contributed by atoms with van der Waals surface area (Å²) in [6.45, 7) is 1.10. The highest BCUT2D eigenvalue weighted by Gasteiger charge is 2.45. The van der Waals surface area contributed by atoms with Gasteiger partial charge in [-0.15, -0.1) is 0 Å². The SMILES string of the molecule is C[C@@H](CCNc1ncnc2c1ncn2[C@H]1O[C@H](CO)[C@H](O)[C@H]1O)O[C@H]1O[C@H](CO)[C@@H](O)[C@@H](O)[C@H]1O. The molecule has 4 heterocycles. The van der Waals surface area contributed by atoms with Crippen LogP contribution in [0, 0.1) is 0 Å². The highest BCUT2D eigenvalue weighted by atomic mass is 16.7. The van der Waals surface area contributed by atoms with Crippen LogP contribution >= 0.6 is 0 Å². The summed E-state index contributed by atoms with van der Waals surface area (Å²) in [4.78, 5) is 12.7. The number of hydrogen-bond donors (Lipinski definition) is 8. The topological polar surface area (TPSA) is 225 Å². The number of nitrogens with one attached hydrogen (secondary N) is 1. The Hall–Kier alpha value is -2.05. The fraction of sp³-hybridized carbons (Fsp3) is 0.750. The van der Waals surface area contributed by atoms with Crippen LogP contribution in [0.3, 0.4) is 0 Å². The van der Waals surface area contributed by atoms with Crippen LogP contribution in [-0.2, 0) is 14.2 Å². The Balaban J connectivity index is 1.36. The van der Waals surface area contributed by atoms with Crippen LogP contribution in [0.15, 0.2) is 12.7 Å². The first-order valence-electron chi connectivity index (χ1n) is 11.3. The molecule has 196 valence electrons. The van der Waals surface area contributed by atoms with Gasteiger partial charge in [0.05, 0.1) is 25.6 Å². The molecule has 0 aromatic carbocycles. The third-order valence-electron chi connectivity index (χ3n) is 6.21. The third kappa shape index (κ3) is 5.10. The molecule has 15 nitrogen and oxygen atoms in total. The Morgan fingerprint density at radius 3 is 2.31 bits per heavy atom. The Bertz CT molecular complexity index is 979. The maximum absolute atomic E-state index is 10.3. The lowest BCUT2D eigenvalue weighted by atomic mass is 9.99. The van der Waals surface area contributed by atoms with E-state index in [9.17, 15) is 35.7 Å². The maximum Gasteiger partial charge on any atom is 0.186 e. The lowest BCUT2D eigenvalue weighted by Gasteiger charge is -2.40. The quantitative estimate of drug-likeness (QED) is 0.166. The minimum absolute atomic E-state index is 0.350. The lowest BCUT2D eigenvalue weighted by Crippen LogP contribution is -2.59. The molecule has 2 aliphatic rings. The molecule has 0 bridgehead atoms. The molecular weight excluding hydrogens is 470 g/mol. The summed E-state index contributed by atoms with van der Waals surface area (Å²) in [5.41, 5.74) is 0.746. The fourth-order valence-electron chi connectivity index (χ4n) is 4.15. The predicted molar refractivity (Wildman–Crippen MR) is 116 cm³/mol. The smallest absolute Gasteiger partial charge is 0.186 e. The largest absolute Gasteiger partial charge is 0.394 e. The second-order valence-corrected chi connectivity index (χ2v) is 8.63. The molecular formula is C20H31N5O10. The Kier molecular flexibility index (Phi) is 8.12. The molecule has 0 aliphatic carbocycles. The minimum atomic E-state index is -1.52. The van der Waals surface area contributed by atoms with Crippen LogP contribution in [0.5, 0.6) is 0 Å². The van der Waals surface area contributed by atoms with Crippen molar-refractivity contribution in [2.24, 2.45) is 0 Å². The van der Waals surface area contributed by atoms with Gasteiger partial charge in [0.2, 0.25) is 0 Å². The molecule has 2 aliphatic heterocycles. The zero-order chi connectivity index (χ0) is 25.3. The second kappa shape index (κ2) is 10.9. The van der Waals surface area contributed by atoms with Crippen molar-refractivity contribution < 1.29 is 50.0 Å². The number of imidazole rings is 1. The van der Waals surface area contributed by atoms with E-state index < -0.39 is 74.6 Å².